The van der Waals surface area contributed by atoms with E-state index in [-0.39, 0.29) is 28.6 Å². The summed E-state index contributed by atoms with van der Waals surface area (Å²) in [6.45, 7) is 0. The van der Waals surface area contributed by atoms with Crippen molar-refractivity contribution in [3.63, 3.8) is 0 Å². The first-order valence-electron chi connectivity index (χ1n) is 7.42. The van der Waals surface area contributed by atoms with Gasteiger partial charge in [0.2, 0.25) is 0 Å². The minimum absolute atomic E-state index is 0.119. The van der Waals surface area contributed by atoms with Crippen LogP contribution in [-0.2, 0) is 0 Å². The molecule has 2 aromatic carbocycles. The number of phenolic OH excluding ortho intramolecular Hbond substituents is 4. The Bertz CT molecular complexity index is 1060. The van der Waals surface area contributed by atoms with E-state index in [0.29, 0.717) is 22.5 Å². The van der Waals surface area contributed by atoms with Gasteiger partial charge >= 0.3 is 0 Å². The Hall–Kier alpha value is -3.74. The number of benzene rings is 2. The van der Waals surface area contributed by atoms with Gasteiger partial charge < -0.3 is 20.4 Å². The van der Waals surface area contributed by atoms with Crippen LogP contribution in [0.1, 0.15) is 0 Å². The van der Waals surface area contributed by atoms with E-state index in [9.17, 15) is 20.4 Å². The summed E-state index contributed by atoms with van der Waals surface area (Å²) >= 11 is 0. The zero-order chi connectivity index (χ0) is 17.6. The van der Waals surface area contributed by atoms with Crippen LogP contribution in [0.4, 0.5) is 0 Å². The van der Waals surface area contributed by atoms with Crippen LogP contribution in [0.25, 0.3) is 28.0 Å². The Morgan fingerprint density at radius 3 is 2.16 bits per heavy atom. The number of aromatic hydroxyl groups is 4. The van der Waals surface area contributed by atoms with E-state index >= 15 is 0 Å². The van der Waals surface area contributed by atoms with Gasteiger partial charge in [0, 0.05) is 30.0 Å². The molecule has 0 aliphatic rings. The monoisotopic (exact) mass is 335 g/mol. The van der Waals surface area contributed by atoms with Gasteiger partial charge in [-0.05, 0) is 17.7 Å². The molecule has 0 radical (unpaired) electrons. The molecule has 0 aliphatic heterocycles. The number of rotatable bonds is 2. The molecule has 0 aliphatic carbocycles. The smallest absolute Gasteiger partial charge is 0.155 e. The van der Waals surface area contributed by atoms with Crippen molar-refractivity contribution in [1.82, 2.24) is 14.6 Å². The van der Waals surface area contributed by atoms with E-state index in [1.54, 1.807) is 30.6 Å². The van der Waals surface area contributed by atoms with Gasteiger partial charge in [0.05, 0.1) is 17.5 Å². The van der Waals surface area contributed by atoms with Gasteiger partial charge in [-0.15, -0.1) is 0 Å². The zero-order valence-electron chi connectivity index (χ0n) is 12.8. The lowest BCUT2D eigenvalue weighted by atomic mass is 9.99. The third-order valence-corrected chi connectivity index (χ3v) is 3.91. The second-order valence-electron chi connectivity index (χ2n) is 5.53. The fourth-order valence-corrected chi connectivity index (χ4v) is 2.81. The molecular formula is C18H13N3O4. The minimum Gasteiger partial charge on any atom is -0.508 e. The molecular weight excluding hydrogens is 322 g/mol. The van der Waals surface area contributed by atoms with E-state index in [2.05, 4.69) is 10.1 Å². The van der Waals surface area contributed by atoms with E-state index in [0.717, 1.165) is 12.1 Å². The summed E-state index contributed by atoms with van der Waals surface area (Å²) in [4.78, 5) is 4.33. The standard InChI is InChI=1S/C18H13N3O4/c22-11-3-1-10(2-4-11)13-9-19-16-5-6-20-21(16)18(13)17-14(24)7-12(23)8-15(17)25/h1-9,22-25H. The molecule has 0 unspecified atom stereocenters. The maximum absolute atomic E-state index is 10.3. The molecule has 0 saturated heterocycles. The lowest BCUT2D eigenvalue weighted by Crippen LogP contribution is -2.00. The Balaban J connectivity index is 2.10. The summed E-state index contributed by atoms with van der Waals surface area (Å²) in [6, 6.07) is 10.4. The SMILES string of the molecule is Oc1ccc(-c2cnc3ccnn3c2-c2c(O)cc(O)cc2O)cc1. The molecule has 124 valence electrons. The molecule has 2 heterocycles. The van der Waals surface area contributed by atoms with E-state index in [1.165, 1.54) is 16.6 Å². The molecule has 4 rings (SSSR count). The first kappa shape index (κ1) is 14.8. The maximum Gasteiger partial charge on any atom is 0.155 e. The fraction of sp³-hybridized carbons (Fsp3) is 0. The van der Waals surface area contributed by atoms with Crippen molar-refractivity contribution in [1.29, 1.82) is 0 Å². The normalized spacial score (nSPS) is 11.0. The number of fused-ring (bicyclic) bond motifs is 1. The first-order valence-corrected chi connectivity index (χ1v) is 7.42. The van der Waals surface area contributed by atoms with Gasteiger partial charge in [0.25, 0.3) is 0 Å². The molecule has 0 saturated carbocycles. The van der Waals surface area contributed by atoms with Gasteiger partial charge in [-0.25, -0.2) is 9.50 Å². The summed E-state index contributed by atoms with van der Waals surface area (Å²) in [6.07, 6.45) is 3.16. The highest BCUT2D eigenvalue weighted by molar-refractivity contribution is 5.87. The Morgan fingerprint density at radius 1 is 0.800 bits per heavy atom. The van der Waals surface area contributed by atoms with Gasteiger partial charge in [0.15, 0.2) is 5.65 Å². The highest BCUT2D eigenvalue weighted by atomic mass is 16.3. The van der Waals surface area contributed by atoms with Crippen molar-refractivity contribution in [2.24, 2.45) is 0 Å². The van der Waals surface area contributed by atoms with Crippen molar-refractivity contribution < 1.29 is 20.4 Å². The van der Waals surface area contributed by atoms with Crippen molar-refractivity contribution in [3.8, 4) is 45.4 Å². The summed E-state index contributed by atoms with van der Waals surface area (Å²) in [5.74, 6) is -0.717. The van der Waals surface area contributed by atoms with Gasteiger partial charge in [0.1, 0.15) is 23.0 Å². The van der Waals surface area contributed by atoms with Crippen LogP contribution in [0.2, 0.25) is 0 Å². The molecule has 0 spiro atoms. The Labute approximate surface area is 141 Å². The zero-order valence-corrected chi connectivity index (χ0v) is 12.8. The highest BCUT2D eigenvalue weighted by Gasteiger charge is 2.21. The number of aromatic nitrogens is 3. The first-order chi connectivity index (χ1) is 12.0. The average Bonchev–Trinajstić information content (AvgIpc) is 3.04. The predicted molar refractivity (Wildman–Crippen MR) is 90.5 cm³/mol. The second kappa shape index (κ2) is 5.41. The van der Waals surface area contributed by atoms with E-state index < -0.39 is 0 Å². The minimum atomic E-state index is -0.291. The van der Waals surface area contributed by atoms with Crippen LogP contribution < -0.4 is 0 Å². The van der Waals surface area contributed by atoms with Crippen molar-refractivity contribution in [2.75, 3.05) is 0 Å². The largest absolute Gasteiger partial charge is 0.508 e. The number of hydrogen-bond acceptors (Lipinski definition) is 6. The van der Waals surface area contributed by atoms with Crippen molar-refractivity contribution >= 4 is 5.65 Å². The van der Waals surface area contributed by atoms with Crippen LogP contribution in [0, 0.1) is 0 Å². The molecule has 0 atom stereocenters. The summed E-state index contributed by atoms with van der Waals surface area (Å²) in [7, 11) is 0. The van der Waals surface area contributed by atoms with Crippen LogP contribution in [0.3, 0.4) is 0 Å². The van der Waals surface area contributed by atoms with Crippen LogP contribution in [0.5, 0.6) is 23.0 Å². The number of nitrogens with zero attached hydrogens (tertiary/aromatic N) is 3. The average molecular weight is 335 g/mol. The second-order valence-corrected chi connectivity index (χ2v) is 5.53. The molecule has 4 N–H and O–H groups in total. The molecule has 4 aromatic rings. The van der Waals surface area contributed by atoms with Crippen LogP contribution in [-0.4, -0.2) is 35.0 Å². The van der Waals surface area contributed by atoms with E-state index in [4.69, 9.17) is 0 Å². The molecule has 7 nitrogen and oxygen atoms in total. The summed E-state index contributed by atoms with van der Waals surface area (Å²) in [5.41, 5.74) is 2.37. The van der Waals surface area contributed by atoms with Gasteiger partial charge in [-0.3, -0.25) is 0 Å². The summed E-state index contributed by atoms with van der Waals surface area (Å²) < 4.78 is 1.49. The Kier molecular flexibility index (Phi) is 3.21. The van der Waals surface area contributed by atoms with Crippen molar-refractivity contribution in [3.05, 3.63) is 54.9 Å². The molecule has 0 bridgehead atoms. The molecule has 0 amide bonds. The lowest BCUT2D eigenvalue weighted by molar-refractivity contribution is 0.430. The highest BCUT2D eigenvalue weighted by Crippen LogP contribution is 2.44. The van der Waals surface area contributed by atoms with Gasteiger partial charge in [-0.1, -0.05) is 12.1 Å². The molecule has 2 aromatic heterocycles. The lowest BCUT2D eigenvalue weighted by Gasteiger charge is -2.14. The maximum atomic E-state index is 10.3. The van der Waals surface area contributed by atoms with Gasteiger partial charge in [-0.2, -0.15) is 5.10 Å². The van der Waals surface area contributed by atoms with Crippen LogP contribution in [0.15, 0.2) is 54.9 Å². The quantitative estimate of drug-likeness (QED) is 0.448. The number of hydrogen-bond donors (Lipinski definition) is 4. The third-order valence-electron chi connectivity index (χ3n) is 3.91. The topological polar surface area (TPSA) is 111 Å². The Morgan fingerprint density at radius 2 is 1.48 bits per heavy atom. The molecule has 7 heteroatoms. The van der Waals surface area contributed by atoms with E-state index in [1.807, 2.05) is 0 Å². The molecule has 0 fully saturated rings. The third kappa shape index (κ3) is 2.38. The fourth-order valence-electron chi connectivity index (χ4n) is 2.81. The summed E-state index contributed by atoms with van der Waals surface area (Å²) in [5, 5.41) is 43.9. The molecule has 25 heavy (non-hydrogen) atoms. The van der Waals surface area contributed by atoms with Crippen LogP contribution >= 0.6 is 0 Å². The van der Waals surface area contributed by atoms with Crippen molar-refractivity contribution in [2.45, 2.75) is 0 Å². The predicted octanol–water partition coefficient (Wildman–Crippen LogP) is 2.89. The number of phenols is 4.